The summed E-state index contributed by atoms with van der Waals surface area (Å²) in [4.78, 5) is 4.70. The summed E-state index contributed by atoms with van der Waals surface area (Å²) in [5.74, 6) is 5.27. The molecule has 0 aliphatic carbocycles. The van der Waals surface area contributed by atoms with Gasteiger partial charge in [0, 0.05) is 5.56 Å². The van der Waals surface area contributed by atoms with Crippen molar-refractivity contribution in [3.63, 3.8) is 0 Å². The molecule has 1 aromatic rings. The third kappa shape index (κ3) is 13.3. The maximum Gasteiger partial charge on any atom is 0.275 e. The van der Waals surface area contributed by atoms with Gasteiger partial charge in [-0.25, -0.2) is 4.99 Å². The van der Waals surface area contributed by atoms with Gasteiger partial charge in [0.05, 0.1) is 25.6 Å². The lowest BCUT2D eigenvalue weighted by Gasteiger charge is -2.18. The van der Waals surface area contributed by atoms with E-state index in [4.69, 9.17) is 14.5 Å². The van der Waals surface area contributed by atoms with Crippen LogP contribution in [0.2, 0.25) is 0 Å². The first-order valence-electron chi connectivity index (χ1n) is 16.9. The Labute approximate surface area is 254 Å². The number of methoxy groups -OCH3 is 2. The zero-order chi connectivity index (χ0) is 30.2. The van der Waals surface area contributed by atoms with Crippen molar-refractivity contribution >= 4 is 11.4 Å². The standard InChI is InChI=1S/C37H64N2O2/c1-27(2)15-10-16-28(3)17-11-18-29(4)19-12-20-30(5)21-13-22-31(6)25-26-33-23-14-24-34-35(33)32(7)38-36(40-8)37(39-34)41-9/h14,23-24,27-31,39H,10-13,15-22,25-26H2,1-9H3. The zero-order valence-electron chi connectivity index (χ0n) is 28.3. The van der Waals surface area contributed by atoms with Gasteiger partial charge in [-0.3, -0.25) is 0 Å². The molecule has 0 amide bonds. The third-order valence-electron chi connectivity index (χ3n) is 9.19. The fourth-order valence-corrected chi connectivity index (χ4v) is 6.35. The van der Waals surface area contributed by atoms with E-state index in [1.807, 2.05) is 0 Å². The van der Waals surface area contributed by atoms with Crippen LogP contribution >= 0.6 is 0 Å². The fourth-order valence-electron chi connectivity index (χ4n) is 6.35. The Hall–Kier alpha value is -1.97. The molecule has 41 heavy (non-hydrogen) atoms. The van der Waals surface area contributed by atoms with Crippen molar-refractivity contribution in [2.45, 2.75) is 138 Å². The van der Waals surface area contributed by atoms with E-state index in [2.05, 4.69) is 72.0 Å². The first kappa shape index (κ1) is 35.2. The SMILES string of the molecule is COC1=C(OC)Nc2cccc(CCC(C)CCCC(C)CCCC(C)CCCC(C)CCCC(C)C)c2C(C)=N1. The largest absolute Gasteiger partial charge is 0.478 e. The monoisotopic (exact) mass is 568 g/mol. The van der Waals surface area contributed by atoms with Crippen LogP contribution in [0.5, 0.6) is 0 Å². The summed E-state index contributed by atoms with van der Waals surface area (Å²) < 4.78 is 11.0. The van der Waals surface area contributed by atoms with Crippen LogP contribution in [0.3, 0.4) is 0 Å². The molecule has 1 N–H and O–H groups in total. The van der Waals surface area contributed by atoms with Crippen LogP contribution in [0.1, 0.15) is 143 Å². The third-order valence-corrected chi connectivity index (χ3v) is 9.19. The molecule has 0 spiro atoms. The predicted molar refractivity (Wildman–Crippen MR) is 179 cm³/mol. The summed E-state index contributed by atoms with van der Waals surface area (Å²) in [7, 11) is 3.27. The Morgan fingerprint density at radius 1 is 0.659 bits per heavy atom. The van der Waals surface area contributed by atoms with Gasteiger partial charge in [-0.05, 0) is 61.0 Å². The average molecular weight is 569 g/mol. The number of nitrogens with one attached hydrogen (secondary N) is 1. The number of anilines is 1. The minimum atomic E-state index is 0.488. The molecule has 4 atom stereocenters. The number of aliphatic imine (C=N–C) groups is 1. The second-order valence-electron chi connectivity index (χ2n) is 13.8. The van der Waals surface area contributed by atoms with E-state index in [-0.39, 0.29) is 0 Å². The second kappa shape index (κ2) is 19.3. The first-order valence-corrected chi connectivity index (χ1v) is 16.9. The van der Waals surface area contributed by atoms with E-state index in [9.17, 15) is 0 Å². The molecule has 0 saturated heterocycles. The van der Waals surface area contributed by atoms with Gasteiger partial charge in [0.1, 0.15) is 0 Å². The summed E-state index contributed by atoms with van der Waals surface area (Å²) in [6.07, 6.45) is 19.0. The average Bonchev–Trinajstić information content (AvgIpc) is 3.07. The molecule has 1 aromatic carbocycles. The maximum absolute atomic E-state index is 5.49. The molecule has 0 saturated carbocycles. The summed E-state index contributed by atoms with van der Waals surface area (Å²) in [6.45, 7) is 16.6. The Bertz CT molecular complexity index is 935. The van der Waals surface area contributed by atoms with Crippen molar-refractivity contribution in [3.8, 4) is 0 Å². The molecule has 1 heterocycles. The Balaban J connectivity index is 1.63. The molecule has 4 unspecified atom stereocenters. The second-order valence-corrected chi connectivity index (χ2v) is 13.8. The number of rotatable bonds is 21. The summed E-state index contributed by atoms with van der Waals surface area (Å²) in [5.41, 5.74) is 4.53. The van der Waals surface area contributed by atoms with Crippen molar-refractivity contribution in [1.29, 1.82) is 0 Å². The topological polar surface area (TPSA) is 42.9 Å². The van der Waals surface area contributed by atoms with Crippen molar-refractivity contribution in [2.24, 2.45) is 34.6 Å². The van der Waals surface area contributed by atoms with Crippen molar-refractivity contribution in [2.75, 3.05) is 19.5 Å². The van der Waals surface area contributed by atoms with Crippen LogP contribution < -0.4 is 5.32 Å². The number of hydrogen-bond donors (Lipinski definition) is 1. The number of benzene rings is 1. The molecule has 0 radical (unpaired) electrons. The van der Waals surface area contributed by atoms with E-state index in [1.54, 1.807) is 14.2 Å². The van der Waals surface area contributed by atoms with E-state index >= 15 is 0 Å². The lowest BCUT2D eigenvalue weighted by atomic mass is 9.89. The number of fused-ring (bicyclic) bond motifs is 1. The molecule has 1 aliphatic heterocycles. The van der Waals surface area contributed by atoms with Gasteiger partial charge in [0.25, 0.3) is 11.8 Å². The van der Waals surface area contributed by atoms with Crippen molar-refractivity contribution in [3.05, 3.63) is 41.1 Å². The van der Waals surface area contributed by atoms with Crippen LogP contribution in [0, 0.1) is 29.6 Å². The highest BCUT2D eigenvalue weighted by Crippen LogP contribution is 2.30. The highest BCUT2D eigenvalue weighted by Gasteiger charge is 2.20. The van der Waals surface area contributed by atoms with Crippen molar-refractivity contribution < 1.29 is 9.47 Å². The van der Waals surface area contributed by atoms with E-state index in [1.165, 1.54) is 94.6 Å². The molecule has 2 rings (SSSR count). The molecule has 4 nitrogen and oxygen atoms in total. The Morgan fingerprint density at radius 3 is 1.61 bits per heavy atom. The summed E-state index contributed by atoms with van der Waals surface area (Å²) >= 11 is 0. The van der Waals surface area contributed by atoms with Crippen LogP contribution in [0.4, 0.5) is 5.69 Å². The molecule has 4 heteroatoms. The number of aryl methyl sites for hydroxylation is 1. The van der Waals surface area contributed by atoms with Crippen LogP contribution in [-0.4, -0.2) is 19.9 Å². The minimum absolute atomic E-state index is 0.488. The highest BCUT2D eigenvalue weighted by molar-refractivity contribution is 6.06. The van der Waals surface area contributed by atoms with Gasteiger partial charge in [0.2, 0.25) is 0 Å². The minimum Gasteiger partial charge on any atom is -0.478 e. The van der Waals surface area contributed by atoms with Crippen LogP contribution in [0.15, 0.2) is 35.0 Å². The van der Waals surface area contributed by atoms with E-state index in [0.29, 0.717) is 11.8 Å². The molecule has 234 valence electrons. The predicted octanol–water partition coefficient (Wildman–Crippen LogP) is 11.2. The maximum atomic E-state index is 5.49. The Kier molecular flexibility index (Phi) is 16.6. The molecule has 0 bridgehead atoms. The summed E-state index contributed by atoms with van der Waals surface area (Å²) in [5, 5.41) is 3.38. The molecule has 1 aliphatic rings. The van der Waals surface area contributed by atoms with Crippen LogP contribution in [0.25, 0.3) is 0 Å². The zero-order valence-corrected chi connectivity index (χ0v) is 28.3. The van der Waals surface area contributed by atoms with Gasteiger partial charge >= 0.3 is 0 Å². The van der Waals surface area contributed by atoms with Crippen LogP contribution in [-0.2, 0) is 15.9 Å². The van der Waals surface area contributed by atoms with E-state index in [0.717, 1.165) is 47.4 Å². The molecule has 0 fully saturated rings. The van der Waals surface area contributed by atoms with Gasteiger partial charge in [-0.2, -0.15) is 0 Å². The lowest BCUT2D eigenvalue weighted by molar-refractivity contribution is 0.224. The fraction of sp³-hybridized carbons (Fsp3) is 0.757. The Morgan fingerprint density at radius 2 is 1.15 bits per heavy atom. The van der Waals surface area contributed by atoms with Gasteiger partial charge in [-0.15, -0.1) is 0 Å². The lowest BCUT2D eigenvalue weighted by Crippen LogP contribution is -2.08. The normalized spacial score (nSPS) is 16.4. The number of nitrogens with zero attached hydrogens (tertiary/aromatic N) is 1. The van der Waals surface area contributed by atoms with Gasteiger partial charge < -0.3 is 14.8 Å². The first-order chi connectivity index (χ1) is 19.6. The van der Waals surface area contributed by atoms with Crippen molar-refractivity contribution in [1.82, 2.24) is 0 Å². The molecular formula is C37H64N2O2. The quantitative estimate of drug-likeness (QED) is 0.160. The highest BCUT2D eigenvalue weighted by atomic mass is 16.5. The van der Waals surface area contributed by atoms with Gasteiger partial charge in [-0.1, -0.05) is 131 Å². The molecular weight excluding hydrogens is 504 g/mol. The summed E-state index contributed by atoms with van der Waals surface area (Å²) in [6, 6.07) is 6.47. The van der Waals surface area contributed by atoms with Gasteiger partial charge in [0.15, 0.2) is 0 Å². The van der Waals surface area contributed by atoms with E-state index < -0.39 is 0 Å². The smallest absolute Gasteiger partial charge is 0.275 e. The molecule has 0 aromatic heterocycles. The number of hydrogen-bond acceptors (Lipinski definition) is 4. The number of ether oxygens (including phenoxy) is 2.